The number of nitrogens with zero attached hydrogens (tertiary/aromatic N) is 1. The minimum Gasteiger partial charge on any atom is -0.496 e. The Hall–Kier alpha value is -2.69. The molecule has 0 radical (unpaired) electrons. The first-order chi connectivity index (χ1) is 14.0. The molecule has 3 aromatic carbocycles. The van der Waals surface area contributed by atoms with E-state index in [4.69, 9.17) is 32.7 Å². The molecule has 0 saturated heterocycles. The molecule has 1 aromatic heterocycles. The van der Waals surface area contributed by atoms with Crippen molar-refractivity contribution >= 4 is 34.2 Å². The van der Waals surface area contributed by atoms with Gasteiger partial charge in [0.15, 0.2) is 5.75 Å². The van der Waals surface area contributed by atoms with Crippen LogP contribution < -0.4 is 9.47 Å². The lowest BCUT2D eigenvalue weighted by molar-refractivity contribution is 0.405. The summed E-state index contributed by atoms with van der Waals surface area (Å²) in [6.07, 6.45) is 0. The van der Waals surface area contributed by atoms with Crippen LogP contribution in [-0.4, -0.2) is 17.1 Å². The van der Waals surface area contributed by atoms with Gasteiger partial charge >= 0.3 is 0 Å². The fraction of sp³-hybridized carbons (Fsp3) is 0.174. The highest BCUT2D eigenvalue weighted by Crippen LogP contribution is 2.42. The number of halogens is 2. The van der Waals surface area contributed by atoms with Crippen LogP contribution in [0.15, 0.2) is 54.6 Å². The van der Waals surface area contributed by atoms with Gasteiger partial charge in [0.05, 0.1) is 17.6 Å². The van der Waals surface area contributed by atoms with Crippen LogP contribution >= 0.6 is 23.2 Å². The number of methoxy groups -OCH3 is 1. The predicted octanol–water partition coefficient (Wildman–Crippen LogP) is 7.46. The van der Waals surface area contributed by atoms with Gasteiger partial charge in [-0.1, -0.05) is 67.4 Å². The molecule has 1 heterocycles. The minimum absolute atomic E-state index is 0.279. The molecule has 0 spiro atoms. The molecule has 0 aliphatic carbocycles. The summed E-state index contributed by atoms with van der Waals surface area (Å²) in [6, 6.07) is 17.3. The zero-order chi connectivity index (χ0) is 20.5. The molecule has 0 saturated carbocycles. The van der Waals surface area contributed by atoms with Gasteiger partial charge < -0.3 is 14.5 Å². The highest BCUT2D eigenvalue weighted by Gasteiger charge is 2.18. The Morgan fingerprint density at radius 2 is 1.76 bits per heavy atom. The fourth-order valence-electron chi connectivity index (χ4n) is 3.23. The molecular formula is C23H20Cl2N2O2. The summed E-state index contributed by atoms with van der Waals surface area (Å²) in [5, 5.41) is 0.778. The number of rotatable bonds is 5. The summed E-state index contributed by atoms with van der Waals surface area (Å²) in [6.45, 7) is 4.20. The van der Waals surface area contributed by atoms with Crippen molar-refractivity contribution in [3.8, 4) is 28.6 Å². The maximum atomic E-state index is 6.64. The number of imidazole rings is 1. The molecule has 0 bridgehead atoms. The van der Waals surface area contributed by atoms with E-state index in [1.54, 1.807) is 13.2 Å². The normalized spacial score (nSPS) is 11.2. The SMILES string of the molecule is COc1ccc(Oc2c(Cl)cc3[nH]c(-c4ccccc4)nc3c2Cl)cc1C(C)C. The second-order valence-electron chi connectivity index (χ2n) is 7.01. The molecule has 4 aromatic rings. The summed E-state index contributed by atoms with van der Waals surface area (Å²) < 4.78 is 11.5. The smallest absolute Gasteiger partial charge is 0.166 e. The van der Waals surface area contributed by atoms with Gasteiger partial charge in [0.25, 0.3) is 0 Å². The van der Waals surface area contributed by atoms with Crippen LogP contribution in [0.4, 0.5) is 0 Å². The number of fused-ring (bicyclic) bond motifs is 1. The lowest BCUT2D eigenvalue weighted by Gasteiger charge is -2.15. The van der Waals surface area contributed by atoms with Crippen molar-refractivity contribution in [2.24, 2.45) is 0 Å². The quantitative estimate of drug-likeness (QED) is 0.360. The van der Waals surface area contributed by atoms with E-state index in [0.29, 0.717) is 27.1 Å². The summed E-state index contributed by atoms with van der Waals surface area (Å²) >= 11 is 13.1. The van der Waals surface area contributed by atoms with Gasteiger partial charge in [-0.25, -0.2) is 4.98 Å². The van der Waals surface area contributed by atoms with E-state index in [1.807, 2.05) is 48.5 Å². The molecule has 6 heteroatoms. The van der Waals surface area contributed by atoms with Crippen LogP contribution in [0.2, 0.25) is 10.0 Å². The maximum Gasteiger partial charge on any atom is 0.166 e. The van der Waals surface area contributed by atoms with Gasteiger partial charge in [-0.05, 0) is 30.2 Å². The topological polar surface area (TPSA) is 47.1 Å². The van der Waals surface area contributed by atoms with Crippen LogP contribution in [0.5, 0.6) is 17.2 Å². The Balaban J connectivity index is 1.76. The van der Waals surface area contributed by atoms with Crippen LogP contribution in [-0.2, 0) is 0 Å². The highest BCUT2D eigenvalue weighted by atomic mass is 35.5. The summed E-state index contributed by atoms with van der Waals surface area (Å²) in [7, 11) is 1.66. The Labute approximate surface area is 179 Å². The van der Waals surface area contributed by atoms with Gasteiger partial charge in [-0.2, -0.15) is 0 Å². The third-order valence-electron chi connectivity index (χ3n) is 4.72. The second-order valence-corrected chi connectivity index (χ2v) is 7.79. The minimum atomic E-state index is 0.279. The van der Waals surface area contributed by atoms with E-state index in [9.17, 15) is 0 Å². The van der Waals surface area contributed by atoms with E-state index >= 15 is 0 Å². The zero-order valence-electron chi connectivity index (χ0n) is 16.3. The van der Waals surface area contributed by atoms with Crippen molar-refractivity contribution in [3.63, 3.8) is 0 Å². The first kappa shape index (κ1) is 19.6. The number of H-pyrrole nitrogens is 1. The van der Waals surface area contributed by atoms with E-state index in [2.05, 4.69) is 23.8 Å². The molecule has 0 fully saturated rings. The Bertz CT molecular complexity index is 1170. The number of hydrogen-bond donors (Lipinski definition) is 1. The van der Waals surface area contributed by atoms with Crippen molar-refractivity contribution in [1.29, 1.82) is 0 Å². The first-order valence-corrected chi connectivity index (χ1v) is 10.0. The molecular weight excluding hydrogens is 407 g/mol. The third-order valence-corrected chi connectivity index (χ3v) is 5.35. The van der Waals surface area contributed by atoms with Crippen molar-refractivity contribution in [2.75, 3.05) is 7.11 Å². The van der Waals surface area contributed by atoms with Gasteiger partial charge in [0, 0.05) is 11.1 Å². The fourth-order valence-corrected chi connectivity index (χ4v) is 3.81. The average molecular weight is 427 g/mol. The zero-order valence-corrected chi connectivity index (χ0v) is 17.8. The van der Waals surface area contributed by atoms with Crippen molar-refractivity contribution in [2.45, 2.75) is 19.8 Å². The average Bonchev–Trinajstić information content (AvgIpc) is 3.15. The molecule has 0 aliphatic rings. The molecule has 148 valence electrons. The van der Waals surface area contributed by atoms with Gasteiger partial charge in [-0.3, -0.25) is 0 Å². The number of nitrogens with one attached hydrogen (secondary N) is 1. The molecule has 1 N–H and O–H groups in total. The van der Waals surface area contributed by atoms with Crippen molar-refractivity contribution in [1.82, 2.24) is 9.97 Å². The van der Waals surface area contributed by atoms with E-state index < -0.39 is 0 Å². The van der Waals surface area contributed by atoms with E-state index in [-0.39, 0.29) is 5.92 Å². The maximum absolute atomic E-state index is 6.64. The van der Waals surface area contributed by atoms with Gasteiger partial charge in [-0.15, -0.1) is 0 Å². The molecule has 29 heavy (non-hydrogen) atoms. The first-order valence-electron chi connectivity index (χ1n) is 9.27. The Morgan fingerprint density at radius 1 is 1.00 bits per heavy atom. The molecule has 0 unspecified atom stereocenters. The number of aromatic nitrogens is 2. The highest BCUT2D eigenvalue weighted by molar-refractivity contribution is 6.40. The summed E-state index contributed by atoms with van der Waals surface area (Å²) in [5.74, 6) is 2.84. The summed E-state index contributed by atoms with van der Waals surface area (Å²) in [5.41, 5.74) is 3.38. The molecule has 4 nitrogen and oxygen atoms in total. The lowest BCUT2D eigenvalue weighted by Crippen LogP contribution is -1.96. The molecule has 4 rings (SSSR count). The molecule has 0 amide bonds. The number of aromatic amines is 1. The van der Waals surface area contributed by atoms with Crippen molar-refractivity contribution in [3.05, 3.63) is 70.2 Å². The molecule has 0 aliphatic heterocycles. The Kier molecular flexibility index (Phi) is 5.39. The van der Waals surface area contributed by atoms with Crippen LogP contribution in [0.25, 0.3) is 22.4 Å². The van der Waals surface area contributed by atoms with Crippen LogP contribution in [0.1, 0.15) is 25.3 Å². The monoisotopic (exact) mass is 426 g/mol. The van der Waals surface area contributed by atoms with E-state index in [1.165, 1.54) is 0 Å². The third kappa shape index (κ3) is 3.78. The van der Waals surface area contributed by atoms with Gasteiger partial charge in [0.2, 0.25) is 0 Å². The Morgan fingerprint density at radius 3 is 2.45 bits per heavy atom. The molecule has 0 atom stereocenters. The van der Waals surface area contributed by atoms with Crippen LogP contribution in [0.3, 0.4) is 0 Å². The van der Waals surface area contributed by atoms with Crippen LogP contribution in [0, 0.1) is 0 Å². The number of ether oxygens (including phenoxy) is 2. The largest absolute Gasteiger partial charge is 0.496 e. The lowest BCUT2D eigenvalue weighted by atomic mass is 10.0. The van der Waals surface area contributed by atoms with E-state index in [0.717, 1.165) is 28.2 Å². The number of benzene rings is 3. The van der Waals surface area contributed by atoms with Crippen molar-refractivity contribution < 1.29 is 9.47 Å². The predicted molar refractivity (Wildman–Crippen MR) is 119 cm³/mol. The van der Waals surface area contributed by atoms with Gasteiger partial charge in [0.1, 0.15) is 27.9 Å². The summed E-state index contributed by atoms with van der Waals surface area (Å²) in [4.78, 5) is 7.92. The number of hydrogen-bond acceptors (Lipinski definition) is 3. The standard InChI is InChI=1S/C23H20Cl2N2O2/c1-13(2)16-11-15(9-10-19(16)28-3)29-22-17(24)12-18-21(20(22)25)27-23(26-18)14-7-5-4-6-8-14/h4-13H,1-3H3,(H,26,27). The second kappa shape index (κ2) is 7.97.